The SMILES string of the molecule is Cc1ccc(-c2nc(C)c(C(C)NC(=O)C3CCCC(C(=O)O)C3)s2)cc1. The van der Waals surface area contributed by atoms with Gasteiger partial charge in [0.1, 0.15) is 5.01 Å². The molecule has 2 aromatic rings. The molecule has 1 aliphatic rings. The predicted molar refractivity (Wildman–Crippen MR) is 107 cm³/mol. The Hall–Kier alpha value is -2.21. The van der Waals surface area contributed by atoms with Gasteiger partial charge in [-0.15, -0.1) is 11.3 Å². The van der Waals surface area contributed by atoms with Crippen LogP contribution in [0.4, 0.5) is 0 Å². The quantitative estimate of drug-likeness (QED) is 0.793. The molecule has 5 nitrogen and oxygen atoms in total. The van der Waals surface area contributed by atoms with Gasteiger partial charge in [0, 0.05) is 11.5 Å². The number of aliphatic carboxylic acids is 1. The van der Waals surface area contributed by atoms with Gasteiger partial charge in [0.2, 0.25) is 5.91 Å². The summed E-state index contributed by atoms with van der Waals surface area (Å²) in [5, 5.41) is 13.3. The third-order valence-electron chi connectivity index (χ3n) is 5.28. The van der Waals surface area contributed by atoms with Gasteiger partial charge in [-0.3, -0.25) is 9.59 Å². The average Bonchev–Trinajstić information content (AvgIpc) is 3.04. The Kier molecular flexibility index (Phi) is 5.95. The summed E-state index contributed by atoms with van der Waals surface area (Å²) in [7, 11) is 0. The number of nitrogens with one attached hydrogen (secondary N) is 1. The number of carbonyl (C=O) groups excluding carboxylic acids is 1. The first-order valence-electron chi connectivity index (χ1n) is 9.42. The van der Waals surface area contributed by atoms with Crippen LogP contribution in [0.5, 0.6) is 0 Å². The van der Waals surface area contributed by atoms with Crippen LogP contribution in [-0.4, -0.2) is 22.0 Å². The molecule has 3 unspecified atom stereocenters. The van der Waals surface area contributed by atoms with E-state index in [9.17, 15) is 14.7 Å². The molecule has 0 bridgehead atoms. The molecule has 2 N–H and O–H groups in total. The minimum absolute atomic E-state index is 0.0434. The maximum atomic E-state index is 12.7. The zero-order chi connectivity index (χ0) is 19.6. The third-order valence-corrected chi connectivity index (χ3v) is 6.67. The first kappa shape index (κ1) is 19.5. The summed E-state index contributed by atoms with van der Waals surface area (Å²) in [5.74, 6) is -1.45. The molecule has 0 saturated heterocycles. The van der Waals surface area contributed by atoms with Gasteiger partial charge in [-0.25, -0.2) is 4.98 Å². The van der Waals surface area contributed by atoms with E-state index < -0.39 is 11.9 Å². The van der Waals surface area contributed by atoms with E-state index in [-0.39, 0.29) is 17.9 Å². The largest absolute Gasteiger partial charge is 0.481 e. The van der Waals surface area contributed by atoms with Gasteiger partial charge >= 0.3 is 5.97 Å². The number of carboxylic acids is 1. The molecule has 1 aromatic heterocycles. The number of aryl methyl sites for hydroxylation is 2. The topological polar surface area (TPSA) is 79.3 Å². The third kappa shape index (κ3) is 4.56. The molecule has 27 heavy (non-hydrogen) atoms. The number of thiazole rings is 1. The highest BCUT2D eigenvalue weighted by molar-refractivity contribution is 7.15. The average molecular weight is 387 g/mol. The molecule has 144 valence electrons. The number of amides is 1. The Balaban J connectivity index is 1.69. The molecule has 0 spiro atoms. The van der Waals surface area contributed by atoms with Crippen LogP contribution < -0.4 is 5.32 Å². The maximum Gasteiger partial charge on any atom is 0.306 e. The van der Waals surface area contributed by atoms with Crippen LogP contribution in [-0.2, 0) is 9.59 Å². The van der Waals surface area contributed by atoms with Crippen LogP contribution in [0.3, 0.4) is 0 Å². The predicted octanol–water partition coefficient (Wildman–Crippen LogP) is 4.50. The molecular formula is C21H26N2O3S. The number of benzene rings is 1. The molecule has 1 fully saturated rings. The van der Waals surface area contributed by atoms with Crippen molar-refractivity contribution in [1.29, 1.82) is 0 Å². The van der Waals surface area contributed by atoms with Gasteiger partial charge in [0.15, 0.2) is 0 Å². The van der Waals surface area contributed by atoms with Crippen molar-refractivity contribution in [3.8, 4) is 10.6 Å². The van der Waals surface area contributed by atoms with Crippen LogP contribution in [0.1, 0.15) is 54.8 Å². The molecule has 1 aliphatic carbocycles. The number of carbonyl (C=O) groups is 2. The van der Waals surface area contributed by atoms with Crippen molar-refractivity contribution >= 4 is 23.2 Å². The number of nitrogens with zero attached hydrogens (tertiary/aromatic N) is 1. The smallest absolute Gasteiger partial charge is 0.306 e. The Bertz CT molecular complexity index is 828. The van der Waals surface area contributed by atoms with E-state index in [1.165, 1.54) is 5.56 Å². The first-order valence-corrected chi connectivity index (χ1v) is 10.2. The minimum Gasteiger partial charge on any atom is -0.481 e. The zero-order valence-electron chi connectivity index (χ0n) is 16.0. The summed E-state index contributed by atoms with van der Waals surface area (Å²) in [6.45, 7) is 5.99. The number of aromatic nitrogens is 1. The number of hydrogen-bond acceptors (Lipinski definition) is 4. The van der Waals surface area contributed by atoms with E-state index in [1.54, 1.807) is 11.3 Å². The zero-order valence-corrected chi connectivity index (χ0v) is 16.8. The minimum atomic E-state index is -0.790. The van der Waals surface area contributed by atoms with E-state index in [4.69, 9.17) is 0 Å². The Morgan fingerprint density at radius 2 is 1.85 bits per heavy atom. The van der Waals surface area contributed by atoms with E-state index >= 15 is 0 Å². The van der Waals surface area contributed by atoms with Gasteiger partial charge in [0.05, 0.1) is 22.5 Å². The Morgan fingerprint density at radius 3 is 2.52 bits per heavy atom. The summed E-state index contributed by atoms with van der Waals surface area (Å²) in [5.41, 5.74) is 3.21. The Labute approximate surface area is 163 Å². The second-order valence-electron chi connectivity index (χ2n) is 7.46. The second-order valence-corrected chi connectivity index (χ2v) is 8.49. The molecule has 0 radical (unpaired) electrons. The highest BCUT2D eigenvalue weighted by atomic mass is 32.1. The molecule has 6 heteroatoms. The Morgan fingerprint density at radius 1 is 1.19 bits per heavy atom. The van der Waals surface area contributed by atoms with Crippen molar-refractivity contribution in [2.45, 2.75) is 52.5 Å². The van der Waals surface area contributed by atoms with Gasteiger partial charge < -0.3 is 10.4 Å². The number of carboxylic acid groups (broad SMARTS) is 1. The van der Waals surface area contributed by atoms with Crippen molar-refractivity contribution < 1.29 is 14.7 Å². The summed E-state index contributed by atoms with van der Waals surface area (Å²) in [4.78, 5) is 29.6. The fourth-order valence-electron chi connectivity index (χ4n) is 3.68. The molecular weight excluding hydrogens is 360 g/mol. The van der Waals surface area contributed by atoms with Crippen molar-refractivity contribution in [3.05, 3.63) is 40.4 Å². The molecule has 3 atom stereocenters. The molecule has 1 saturated carbocycles. The van der Waals surface area contributed by atoms with Crippen LogP contribution in [0.15, 0.2) is 24.3 Å². The first-order chi connectivity index (χ1) is 12.8. The van der Waals surface area contributed by atoms with Crippen molar-refractivity contribution in [1.82, 2.24) is 10.3 Å². The van der Waals surface area contributed by atoms with Gasteiger partial charge in [-0.05, 0) is 40.0 Å². The lowest BCUT2D eigenvalue weighted by Gasteiger charge is -2.27. The molecule has 3 rings (SSSR count). The summed E-state index contributed by atoms with van der Waals surface area (Å²) in [6, 6.07) is 8.13. The maximum absolute atomic E-state index is 12.7. The molecule has 1 heterocycles. The summed E-state index contributed by atoms with van der Waals surface area (Å²) < 4.78 is 0. The monoisotopic (exact) mass is 386 g/mol. The number of hydrogen-bond donors (Lipinski definition) is 2. The van der Waals surface area contributed by atoms with Crippen molar-refractivity contribution in [3.63, 3.8) is 0 Å². The van der Waals surface area contributed by atoms with E-state index in [0.717, 1.165) is 34.0 Å². The van der Waals surface area contributed by atoms with Gasteiger partial charge in [0.25, 0.3) is 0 Å². The summed E-state index contributed by atoms with van der Waals surface area (Å²) >= 11 is 1.60. The van der Waals surface area contributed by atoms with Crippen LogP contribution >= 0.6 is 11.3 Å². The molecule has 1 amide bonds. The lowest BCUT2D eigenvalue weighted by Crippen LogP contribution is -2.36. The van der Waals surface area contributed by atoms with E-state index in [0.29, 0.717) is 12.8 Å². The normalized spacial score (nSPS) is 20.9. The van der Waals surface area contributed by atoms with E-state index in [1.807, 2.05) is 13.8 Å². The fourth-order valence-corrected chi connectivity index (χ4v) is 4.75. The lowest BCUT2D eigenvalue weighted by molar-refractivity contribution is -0.144. The van der Waals surface area contributed by atoms with Crippen LogP contribution in [0.2, 0.25) is 0 Å². The molecule has 1 aromatic carbocycles. The summed E-state index contributed by atoms with van der Waals surface area (Å²) in [6.07, 6.45) is 2.66. The number of rotatable bonds is 5. The standard InChI is InChI=1S/C21H26N2O3S/c1-12-7-9-15(10-8-12)20-23-14(3)18(27-20)13(2)22-19(24)16-5-4-6-17(11-16)21(25)26/h7-10,13,16-17H,4-6,11H2,1-3H3,(H,22,24)(H,25,26). The van der Waals surface area contributed by atoms with Crippen LogP contribution in [0, 0.1) is 25.7 Å². The van der Waals surface area contributed by atoms with E-state index in [2.05, 4.69) is 41.5 Å². The lowest BCUT2D eigenvalue weighted by atomic mass is 9.81. The van der Waals surface area contributed by atoms with Gasteiger partial charge in [-0.2, -0.15) is 0 Å². The molecule has 0 aliphatic heterocycles. The van der Waals surface area contributed by atoms with Gasteiger partial charge in [-0.1, -0.05) is 36.2 Å². The second kappa shape index (κ2) is 8.21. The highest BCUT2D eigenvalue weighted by Gasteiger charge is 2.32. The van der Waals surface area contributed by atoms with Crippen LogP contribution in [0.25, 0.3) is 10.6 Å². The van der Waals surface area contributed by atoms with Crippen molar-refractivity contribution in [2.24, 2.45) is 11.8 Å². The van der Waals surface area contributed by atoms with Crippen molar-refractivity contribution in [2.75, 3.05) is 0 Å². The highest BCUT2D eigenvalue weighted by Crippen LogP contribution is 2.33. The fraction of sp³-hybridized carbons (Fsp3) is 0.476.